The fraction of sp³-hybridized carbons (Fsp3) is 0.526. The van der Waals surface area contributed by atoms with Gasteiger partial charge in [-0.05, 0) is 56.7 Å². The van der Waals surface area contributed by atoms with Gasteiger partial charge >= 0.3 is 0 Å². The lowest BCUT2D eigenvalue weighted by Gasteiger charge is -2.35. The van der Waals surface area contributed by atoms with Crippen molar-refractivity contribution in [1.29, 1.82) is 0 Å². The Kier molecular flexibility index (Phi) is 6.70. The number of hydrogen-bond donors (Lipinski definition) is 1. The minimum absolute atomic E-state index is 0.566. The summed E-state index contributed by atoms with van der Waals surface area (Å²) in [7, 11) is 3.60. The van der Waals surface area contributed by atoms with E-state index in [9.17, 15) is 5.21 Å². The van der Waals surface area contributed by atoms with Gasteiger partial charge in [0.15, 0.2) is 0 Å². The van der Waals surface area contributed by atoms with Gasteiger partial charge in [-0.1, -0.05) is 22.2 Å². The number of nitrogens with zero attached hydrogens (tertiary/aromatic N) is 4. The van der Waals surface area contributed by atoms with E-state index in [-0.39, 0.29) is 0 Å². The Morgan fingerprint density at radius 3 is 2.63 bits per heavy atom. The van der Waals surface area contributed by atoms with E-state index >= 15 is 0 Å². The number of hydrogen-bond acceptors (Lipinski definition) is 6. The summed E-state index contributed by atoms with van der Waals surface area (Å²) in [4.78, 5) is 1.01. The van der Waals surface area contributed by atoms with E-state index in [0.29, 0.717) is 10.9 Å². The summed E-state index contributed by atoms with van der Waals surface area (Å²) in [5, 5.41) is 17.6. The van der Waals surface area contributed by atoms with Crippen LogP contribution in [0.2, 0.25) is 5.02 Å². The van der Waals surface area contributed by atoms with Crippen LogP contribution >= 0.6 is 23.5 Å². The van der Waals surface area contributed by atoms with Crippen molar-refractivity contribution in [2.24, 2.45) is 13.0 Å². The number of ether oxygens (including phenoxy) is 1. The first kappa shape index (κ1) is 20.5. The Hall–Kier alpha value is -1.25. The standard InChI is InChI=1S/C19H27ClN4O2S/c1-13-19(14(2)22(3)21-13)27-24(25)23-9-7-15(8-10-23)11-16-5-6-17(20)12-18(16)26-4/h5-6,12,15,25H,7-11H2,1-4H3. The van der Waals surface area contributed by atoms with Crippen LogP contribution in [0.3, 0.4) is 0 Å². The lowest BCUT2D eigenvalue weighted by Crippen LogP contribution is -2.42. The fourth-order valence-electron chi connectivity index (χ4n) is 3.52. The third-order valence-electron chi connectivity index (χ3n) is 5.21. The van der Waals surface area contributed by atoms with E-state index in [1.165, 1.54) is 22.1 Å². The molecule has 0 bridgehead atoms. The van der Waals surface area contributed by atoms with Crippen LogP contribution < -0.4 is 4.74 Å². The molecule has 0 amide bonds. The van der Waals surface area contributed by atoms with Crippen LogP contribution in [0.25, 0.3) is 0 Å². The highest BCUT2D eigenvalue weighted by Crippen LogP contribution is 2.32. The normalized spacial score (nSPS) is 16.3. The maximum Gasteiger partial charge on any atom is 0.123 e. The number of hydrazine groups is 1. The van der Waals surface area contributed by atoms with E-state index in [2.05, 4.69) is 11.2 Å². The molecule has 0 spiro atoms. The number of halogens is 1. The molecule has 8 heteroatoms. The van der Waals surface area contributed by atoms with Crippen LogP contribution in [0, 0.1) is 19.8 Å². The molecule has 0 radical (unpaired) electrons. The largest absolute Gasteiger partial charge is 0.496 e. The fourth-order valence-corrected chi connectivity index (χ4v) is 4.56. The average Bonchev–Trinajstić information content (AvgIpc) is 2.89. The number of rotatable bonds is 6. The first-order valence-electron chi connectivity index (χ1n) is 9.13. The van der Waals surface area contributed by atoms with E-state index in [4.69, 9.17) is 16.3 Å². The molecule has 1 saturated heterocycles. The molecule has 1 aromatic carbocycles. The first-order chi connectivity index (χ1) is 12.9. The molecule has 1 aromatic heterocycles. The minimum Gasteiger partial charge on any atom is -0.496 e. The smallest absolute Gasteiger partial charge is 0.123 e. The molecule has 1 fully saturated rings. The summed E-state index contributed by atoms with van der Waals surface area (Å²) < 4.78 is 8.58. The van der Waals surface area contributed by atoms with Gasteiger partial charge in [0.25, 0.3) is 0 Å². The van der Waals surface area contributed by atoms with Crippen LogP contribution in [0.5, 0.6) is 5.75 Å². The molecule has 1 aliphatic heterocycles. The predicted molar refractivity (Wildman–Crippen MR) is 108 cm³/mol. The van der Waals surface area contributed by atoms with Gasteiger partial charge in [0, 0.05) is 37.1 Å². The SMILES string of the molecule is COc1cc(Cl)ccc1CC1CCN(N(O)Sc2c(C)nn(C)c2C)CC1. The van der Waals surface area contributed by atoms with E-state index in [1.54, 1.807) is 7.11 Å². The van der Waals surface area contributed by atoms with Gasteiger partial charge in [0.2, 0.25) is 0 Å². The molecule has 6 nitrogen and oxygen atoms in total. The number of aryl methyl sites for hydroxylation is 2. The Morgan fingerprint density at radius 1 is 1.33 bits per heavy atom. The van der Waals surface area contributed by atoms with E-state index in [0.717, 1.165) is 54.4 Å². The summed E-state index contributed by atoms with van der Waals surface area (Å²) in [6.07, 6.45) is 3.01. The highest BCUT2D eigenvalue weighted by atomic mass is 35.5. The Balaban J connectivity index is 1.55. The van der Waals surface area contributed by atoms with E-state index < -0.39 is 0 Å². The second-order valence-electron chi connectivity index (χ2n) is 7.02. The third kappa shape index (κ3) is 4.78. The van der Waals surface area contributed by atoms with Crippen molar-refractivity contribution in [3.05, 3.63) is 40.2 Å². The summed E-state index contributed by atoms with van der Waals surface area (Å²) in [6.45, 7) is 5.63. The second-order valence-corrected chi connectivity index (χ2v) is 8.38. The monoisotopic (exact) mass is 410 g/mol. The maximum atomic E-state index is 10.5. The summed E-state index contributed by atoms with van der Waals surface area (Å²) in [6, 6.07) is 5.84. The molecule has 2 heterocycles. The zero-order valence-corrected chi connectivity index (χ0v) is 17.8. The van der Waals surface area contributed by atoms with Crippen LogP contribution in [-0.2, 0) is 13.5 Å². The Labute approximate surface area is 170 Å². The van der Waals surface area contributed by atoms with Crippen molar-refractivity contribution in [1.82, 2.24) is 19.4 Å². The summed E-state index contributed by atoms with van der Waals surface area (Å²) in [5.41, 5.74) is 3.18. The quantitative estimate of drug-likeness (QED) is 0.567. The van der Waals surface area contributed by atoms with Crippen molar-refractivity contribution in [2.45, 2.75) is 38.0 Å². The molecule has 148 valence electrons. The van der Waals surface area contributed by atoms with Crippen molar-refractivity contribution >= 4 is 23.5 Å². The molecular weight excluding hydrogens is 384 g/mol. The summed E-state index contributed by atoms with van der Waals surface area (Å²) in [5.74, 6) is 1.42. The van der Waals surface area contributed by atoms with Gasteiger partial charge in [0.05, 0.1) is 23.4 Å². The number of aromatic nitrogens is 2. The highest BCUT2D eigenvalue weighted by molar-refractivity contribution is 7.96. The van der Waals surface area contributed by atoms with Gasteiger partial charge in [-0.3, -0.25) is 9.89 Å². The van der Waals surface area contributed by atoms with Crippen molar-refractivity contribution in [3.8, 4) is 5.75 Å². The molecule has 1 N–H and O–H groups in total. The molecule has 0 unspecified atom stereocenters. The first-order valence-corrected chi connectivity index (χ1v) is 10.3. The lowest BCUT2D eigenvalue weighted by molar-refractivity contribution is -0.168. The molecule has 0 atom stereocenters. The minimum atomic E-state index is 0.566. The zero-order valence-electron chi connectivity index (χ0n) is 16.3. The molecular formula is C19H27ClN4O2S. The van der Waals surface area contributed by atoms with Crippen molar-refractivity contribution in [2.75, 3.05) is 20.2 Å². The Bertz CT molecular complexity index is 790. The van der Waals surface area contributed by atoms with Gasteiger partial charge in [0.1, 0.15) is 5.75 Å². The average molecular weight is 411 g/mol. The van der Waals surface area contributed by atoms with Crippen LogP contribution in [0.15, 0.2) is 23.1 Å². The molecule has 3 rings (SSSR count). The maximum absolute atomic E-state index is 10.5. The zero-order chi connectivity index (χ0) is 19.6. The predicted octanol–water partition coefficient (Wildman–Crippen LogP) is 4.27. The second kappa shape index (κ2) is 8.84. The van der Waals surface area contributed by atoms with Gasteiger partial charge in [-0.25, -0.2) is 5.01 Å². The van der Waals surface area contributed by atoms with Gasteiger partial charge in [-0.15, -0.1) is 0 Å². The van der Waals surface area contributed by atoms with Gasteiger partial charge < -0.3 is 4.74 Å². The number of methoxy groups -OCH3 is 1. The molecule has 2 aromatic rings. The summed E-state index contributed by atoms with van der Waals surface area (Å²) >= 11 is 7.39. The van der Waals surface area contributed by atoms with Crippen molar-refractivity contribution < 1.29 is 9.94 Å². The molecule has 0 aliphatic carbocycles. The van der Waals surface area contributed by atoms with Crippen LogP contribution in [-0.4, -0.2) is 44.8 Å². The highest BCUT2D eigenvalue weighted by Gasteiger charge is 2.26. The van der Waals surface area contributed by atoms with Crippen LogP contribution in [0.4, 0.5) is 0 Å². The number of benzene rings is 1. The molecule has 1 aliphatic rings. The number of piperidine rings is 1. The third-order valence-corrected chi connectivity index (χ3v) is 6.61. The van der Waals surface area contributed by atoms with Crippen molar-refractivity contribution in [3.63, 3.8) is 0 Å². The lowest BCUT2D eigenvalue weighted by atomic mass is 9.90. The topological polar surface area (TPSA) is 53.8 Å². The van der Waals surface area contributed by atoms with Gasteiger partial charge in [-0.2, -0.15) is 5.10 Å². The molecule has 0 saturated carbocycles. The van der Waals surface area contributed by atoms with E-state index in [1.807, 2.05) is 42.7 Å². The molecule has 27 heavy (non-hydrogen) atoms. The Morgan fingerprint density at radius 2 is 2.04 bits per heavy atom. The van der Waals surface area contributed by atoms with Crippen LogP contribution in [0.1, 0.15) is 29.8 Å².